The van der Waals surface area contributed by atoms with E-state index in [4.69, 9.17) is 0 Å². The van der Waals surface area contributed by atoms with E-state index in [0.29, 0.717) is 0 Å². The van der Waals surface area contributed by atoms with Gasteiger partial charge in [0.05, 0.1) is 0 Å². The van der Waals surface area contributed by atoms with Gasteiger partial charge in [-0.3, -0.25) is 0 Å². The van der Waals surface area contributed by atoms with E-state index in [1.165, 1.54) is 13.0 Å². The van der Waals surface area contributed by atoms with Crippen molar-refractivity contribution in [3.05, 3.63) is 0 Å². The van der Waals surface area contributed by atoms with Crippen molar-refractivity contribution in [2.75, 3.05) is 0 Å². The minimum Gasteiger partial charge on any atom is -0.217 e. The van der Waals surface area contributed by atoms with Crippen LogP contribution in [0.5, 0.6) is 0 Å². The number of carbonyl (C=O) groups excluding carboxylic acids is 1. The molecule has 1 unspecified atom stereocenters. The molecule has 9 heavy (non-hydrogen) atoms. The maximum Gasteiger partial charge on any atom is 0.238 e. The maximum absolute atomic E-state index is 12.8. The molecule has 0 heterocycles. The lowest BCUT2D eigenvalue weighted by molar-refractivity contribution is 0.170. The minimum atomic E-state index is -1.64. The van der Waals surface area contributed by atoms with Crippen LogP contribution in [0.25, 0.3) is 0 Å². The molecule has 0 saturated heterocycles. The first-order chi connectivity index (χ1) is 4.17. The van der Waals surface area contributed by atoms with Crippen molar-refractivity contribution in [1.82, 2.24) is 0 Å². The molecule has 2 nitrogen and oxygen atoms in total. The molecule has 0 spiro atoms. The summed E-state index contributed by atoms with van der Waals surface area (Å²) in [5.74, 6) is -1.67. The van der Waals surface area contributed by atoms with Crippen LogP contribution in [0.15, 0.2) is 4.99 Å². The highest BCUT2D eigenvalue weighted by atomic mass is 19.1. The van der Waals surface area contributed by atoms with Gasteiger partial charge in [-0.25, -0.2) is 9.18 Å². The summed E-state index contributed by atoms with van der Waals surface area (Å²) in [6.45, 7) is 1.32. The second kappa shape index (κ2) is 1.92. The quantitative estimate of drug-likeness (QED) is 0.315. The molecule has 0 aliphatic heterocycles. The molecule has 0 aromatic heterocycles. The summed E-state index contributed by atoms with van der Waals surface area (Å²) in [4.78, 5) is 12.7. The van der Waals surface area contributed by atoms with Gasteiger partial charge in [0.2, 0.25) is 11.9 Å². The fourth-order valence-corrected chi connectivity index (χ4v) is 0.791. The van der Waals surface area contributed by atoms with Gasteiger partial charge >= 0.3 is 0 Å². The van der Waals surface area contributed by atoms with Crippen molar-refractivity contribution in [3.63, 3.8) is 0 Å². The summed E-state index contributed by atoms with van der Waals surface area (Å²) in [6.07, 6.45) is 2.92. The molecule has 50 valence electrons. The Morgan fingerprint density at radius 3 is 2.67 bits per heavy atom. The number of rotatable bonds is 2. The molecule has 0 radical (unpaired) electrons. The summed E-state index contributed by atoms with van der Waals surface area (Å²) in [5.41, 5.74) is 0. The normalized spacial score (nSPS) is 24.2. The number of nitrogens with zero attached hydrogens (tertiary/aromatic N) is 1. The van der Waals surface area contributed by atoms with Crippen molar-refractivity contribution < 1.29 is 9.18 Å². The van der Waals surface area contributed by atoms with E-state index in [-0.39, 0.29) is 5.92 Å². The maximum atomic E-state index is 12.8. The third-order valence-corrected chi connectivity index (χ3v) is 1.59. The lowest BCUT2D eigenvalue weighted by atomic mass is 10.2. The Balaban J connectivity index is 2.58. The Kier molecular flexibility index (Phi) is 1.37. The Hall–Kier alpha value is -0.690. The number of alkyl halides is 1. The summed E-state index contributed by atoms with van der Waals surface area (Å²) in [6, 6.07) is 0. The number of hydrogen-bond acceptors (Lipinski definition) is 2. The molecular formula is C6H8FNO. The van der Waals surface area contributed by atoms with Crippen molar-refractivity contribution in [1.29, 1.82) is 0 Å². The highest BCUT2D eigenvalue weighted by Gasteiger charge is 2.41. The van der Waals surface area contributed by atoms with Crippen LogP contribution >= 0.6 is 0 Å². The zero-order valence-electron chi connectivity index (χ0n) is 5.22. The predicted octanol–water partition coefficient (Wildman–Crippen LogP) is 1.42. The highest BCUT2D eigenvalue weighted by molar-refractivity contribution is 5.34. The van der Waals surface area contributed by atoms with Crippen LogP contribution in [0.3, 0.4) is 0 Å². The van der Waals surface area contributed by atoms with Crippen LogP contribution in [0.1, 0.15) is 19.8 Å². The molecule has 0 bridgehead atoms. The van der Waals surface area contributed by atoms with E-state index in [9.17, 15) is 9.18 Å². The first kappa shape index (κ1) is 6.43. The largest absolute Gasteiger partial charge is 0.238 e. The molecule has 0 N–H and O–H groups in total. The molecule has 0 amide bonds. The van der Waals surface area contributed by atoms with Crippen LogP contribution in [0.2, 0.25) is 0 Å². The first-order valence-electron chi connectivity index (χ1n) is 2.95. The second-order valence-corrected chi connectivity index (χ2v) is 2.50. The van der Waals surface area contributed by atoms with E-state index in [2.05, 4.69) is 4.99 Å². The third kappa shape index (κ3) is 1.36. The van der Waals surface area contributed by atoms with Crippen LogP contribution < -0.4 is 0 Å². The van der Waals surface area contributed by atoms with Crippen LogP contribution in [0.4, 0.5) is 4.39 Å². The van der Waals surface area contributed by atoms with Gasteiger partial charge in [0.1, 0.15) is 0 Å². The molecule has 1 fully saturated rings. The molecule has 3 heteroatoms. The number of aliphatic imine (C=N–C) groups is 1. The van der Waals surface area contributed by atoms with Crippen LogP contribution in [-0.4, -0.2) is 11.9 Å². The van der Waals surface area contributed by atoms with Crippen LogP contribution in [-0.2, 0) is 4.79 Å². The van der Waals surface area contributed by atoms with E-state index >= 15 is 0 Å². The number of hydrogen-bond donors (Lipinski definition) is 0. The van der Waals surface area contributed by atoms with Gasteiger partial charge in [0.15, 0.2) is 0 Å². The average Bonchev–Trinajstić information content (AvgIpc) is 2.41. The molecule has 1 aliphatic rings. The fraction of sp³-hybridized carbons (Fsp3) is 0.833. The molecule has 0 aromatic rings. The van der Waals surface area contributed by atoms with Crippen molar-refractivity contribution in [3.8, 4) is 0 Å². The molecule has 0 aromatic carbocycles. The number of isocyanates is 1. The van der Waals surface area contributed by atoms with Crippen molar-refractivity contribution in [2.24, 2.45) is 10.9 Å². The summed E-state index contributed by atoms with van der Waals surface area (Å²) in [7, 11) is 0. The number of halogens is 1. The standard InChI is InChI=1S/C6H8FNO/c1-6(7,8-4-9)5-2-3-5/h5H,2-3H2,1H3. The SMILES string of the molecule is CC(F)(N=C=O)C1CC1. The summed E-state index contributed by atoms with van der Waals surface area (Å²) in [5, 5.41) is 0. The van der Waals surface area contributed by atoms with Crippen molar-refractivity contribution >= 4 is 6.08 Å². The molecular weight excluding hydrogens is 121 g/mol. The van der Waals surface area contributed by atoms with Gasteiger partial charge in [0, 0.05) is 5.92 Å². The summed E-state index contributed by atoms with van der Waals surface area (Å²) < 4.78 is 12.8. The first-order valence-corrected chi connectivity index (χ1v) is 2.95. The van der Waals surface area contributed by atoms with Crippen LogP contribution in [0, 0.1) is 5.92 Å². The zero-order valence-corrected chi connectivity index (χ0v) is 5.22. The Bertz CT molecular complexity index is 156. The van der Waals surface area contributed by atoms with E-state index < -0.39 is 5.79 Å². The van der Waals surface area contributed by atoms with E-state index in [1.54, 1.807) is 0 Å². The average molecular weight is 129 g/mol. The molecule has 1 atom stereocenters. The molecule has 1 aliphatic carbocycles. The zero-order chi connectivity index (χ0) is 6.91. The van der Waals surface area contributed by atoms with Gasteiger partial charge in [-0.2, -0.15) is 4.99 Å². The van der Waals surface area contributed by atoms with Gasteiger partial charge in [-0.1, -0.05) is 0 Å². The Morgan fingerprint density at radius 1 is 1.78 bits per heavy atom. The monoisotopic (exact) mass is 129 g/mol. The Morgan fingerprint density at radius 2 is 2.33 bits per heavy atom. The molecule has 1 rings (SSSR count). The van der Waals surface area contributed by atoms with Gasteiger partial charge in [-0.05, 0) is 19.8 Å². The fourth-order valence-electron chi connectivity index (χ4n) is 0.791. The smallest absolute Gasteiger partial charge is 0.217 e. The molecule has 1 saturated carbocycles. The lowest BCUT2D eigenvalue weighted by Crippen LogP contribution is -2.16. The minimum absolute atomic E-state index is 0.0288. The van der Waals surface area contributed by atoms with E-state index in [1.807, 2.05) is 0 Å². The lowest BCUT2D eigenvalue weighted by Gasteiger charge is -2.09. The van der Waals surface area contributed by atoms with Gasteiger partial charge in [-0.15, -0.1) is 0 Å². The van der Waals surface area contributed by atoms with Gasteiger partial charge < -0.3 is 0 Å². The van der Waals surface area contributed by atoms with Crippen molar-refractivity contribution in [2.45, 2.75) is 25.6 Å². The van der Waals surface area contributed by atoms with Gasteiger partial charge in [0.25, 0.3) is 0 Å². The highest BCUT2D eigenvalue weighted by Crippen LogP contribution is 2.42. The topological polar surface area (TPSA) is 29.4 Å². The second-order valence-electron chi connectivity index (χ2n) is 2.50. The summed E-state index contributed by atoms with van der Waals surface area (Å²) >= 11 is 0. The third-order valence-electron chi connectivity index (χ3n) is 1.59. The predicted molar refractivity (Wildman–Crippen MR) is 30.4 cm³/mol. The van der Waals surface area contributed by atoms with E-state index in [0.717, 1.165) is 12.8 Å². The Labute approximate surface area is 52.8 Å².